The smallest absolute Gasteiger partial charge is 0.0181 e. The molecule has 36 heavy (non-hydrogen) atoms. The molecule has 0 nitrogen and oxygen atoms in total. The summed E-state index contributed by atoms with van der Waals surface area (Å²) >= 11 is 0. The van der Waals surface area contributed by atoms with E-state index in [0.717, 1.165) is 0 Å². The quantitative estimate of drug-likeness (QED) is 0.259. The van der Waals surface area contributed by atoms with E-state index in [4.69, 9.17) is 0 Å². The maximum Gasteiger partial charge on any atom is -0.0181 e. The lowest BCUT2D eigenvalue weighted by molar-refractivity contribution is 0.865. The van der Waals surface area contributed by atoms with Gasteiger partial charge in [0.1, 0.15) is 0 Å². The van der Waals surface area contributed by atoms with Gasteiger partial charge in [-0.3, -0.25) is 0 Å². The van der Waals surface area contributed by atoms with Crippen molar-refractivity contribution in [3.8, 4) is 22.3 Å². The lowest BCUT2D eigenvalue weighted by Crippen LogP contribution is -1.90. The summed E-state index contributed by atoms with van der Waals surface area (Å²) in [6, 6.07) is 35.6. The van der Waals surface area contributed by atoms with Crippen molar-refractivity contribution >= 4 is 0 Å². The molecule has 0 spiro atoms. The Morgan fingerprint density at radius 3 is 0.889 bits per heavy atom. The molecule has 188 valence electrons. The molecule has 0 fully saturated rings. The Bertz CT molecular complexity index is 1110. The first-order valence-corrected chi connectivity index (χ1v) is 13.6. The Labute approximate surface area is 220 Å². The van der Waals surface area contributed by atoms with Crippen LogP contribution in [0.4, 0.5) is 0 Å². The highest BCUT2D eigenvalue weighted by Crippen LogP contribution is 2.27. The van der Waals surface area contributed by atoms with E-state index in [1.165, 1.54) is 44.5 Å². The molecule has 0 bridgehead atoms. The first-order chi connectivity index (χ1) is 17.2. The summed E-state index contributed by atoms with van der Waals surface area (Å²) in [5.74, 6) is 2.36. The largest absolute Gasteiger partial charge is 0.0614 e. The van der Waals surface area contributed by atoms with Crippen molar-refractivity contribution in [3.63, 3.8) is 0 Å². The van der Waals surface area contributed by atoms with E-state index in [2.05, 4.69) is 152 Å². The van der Waals surface area contributed by atoms with Crippen molar-refractivity contribution in [1.29, 1.82) is 0 Å². The molecule has 0 radical (unpaired) electrons. The summed E-state index contributed by atoms with van der Waals surface area (Å²) in [5, 5.41) is 0. The minimum Gasteiger partial charge on any atom is -0.0614 e. The van der Waals surface area contributed by atoms with Gasteiger partial charge in [-0.2, -0.15) is 0 Å². The van der Waals surface area contributed by atoms with E-state index < -0.39 is 0 Å². The molecule has 0 aliphatic carbocycles. The van der Waals surface area contributed by atoms with Crippen LogP contribution in [0, 0.1) is 0 Å². The maximum atomic E-state index is 2.31. The average Bonchev–Trinajstić information content (AvgIpc) is 2.89. The second kappa shape index (κ2) is 12.7. The van der Waals surface area contributed by atoms with Crippen molar-refractivity contribution in [2.75, 3.05) is 0 Å². The molecule has 0 atom stereocenters. The van der Waals surface area contributed by atoms with E-state index in [9.17, 15) is 0 Å². The normalized spacial score (nSPS) is 11.2. The van der Waals surface area contributed by atoms with E-state index in [1.807, 2.05) is 0 Å². The molecule has 0 N–H and O–H groups in total. The monoisotopic (exact) mass is 476 g/mol. The molecule has 0 heteroatoms. The van der Waals surface area contributed by atoms with Crippen LogP contribution in [0.1, 0.15) is 101 Å². The highest BCUT2D eigenvalue weighted by molar-refractivity contribution is 5.65. The molecule has 4 aromatic carbocycles. The van der Waals surface area contributed by atoms with Gasteiger partial charge in [-0.05, 0) is 68.2 Å². The zero-order valence-electron chi connectivity index (χ0n) is 23.5. The molecular weight excluding hydrogens is 432 g/mol. The second-order valence-electron chi connectivity index (χ2n) is 11.1. The molecule has 0 heterocycles. The lowest BCUT2D eigenvalue weighted by Gasteiger charge is -2.11. The van der Waals surface area contributed by atoms with Crippen molar-refractivity contribution in [2.45, 2.75) is 79.1 Å². The molecule has 4 rings (SSSR count). The van der Waals surface area contributed by atoms with Crippen LogP contribution in [0.3, 0.4) is 0 Å². The maximum absolute atomic E-state index is 2.31. The number of rotatable bonds is 6. The summed E-state index contributed by atoms with van der Waals surface area (Å²) in [4.78, 5) is 0. The van der Waals surface area contributed by atoms with Gasteiger partial charge in [0.25, 0.3) is 0 Å². The minimum atomic E-state index is 0.582. The molecule has 0 aromatic heterocycles. The SMILES string of the molecule is CC(C)c1ccc(-c2ccc(C(C)C)cc2)cc1.CC(C)c1cccc(-c2cccc(C(C)C)c2)c1. The topological polar surface area (TPSA) is 0 Å². The fraction of sp³-hybridized carbons (Fsp3) is 0.333. The highest BCUT2D eigenvalue weighted by atomic mass is 14.1. The first kappa shape index (κ1) is 27.5. The molecular formula is C36H44. The van der Waals surface area contributed by atoms with E-state index in [1.54, 1.807) is 0 Å². The van der Waals surface area contributed by atoms with Crippen LogP contribution in [0.25, 0.3) is 22.3 Å². The van der Waals surface area contributed by atoms with E-state index >= 15 is 0 Å². The second-order valence-corrected chi connectivity index (χ2v) is 11.1. The third kappa shape index (κ3) is 7.44. The minimum absolute atomic E-state index is 0.582. The third-order valence-electron chi connectivity index (χ3n) is 6.93. The number of hydrogen-bond acceptors (Lipinski definition) is 0. The zero-order chi connectivity index (χ0) is 26.2. The molecule has 0 aliphatic heterocycles. The zero-order valence-corrected chi connectivity index (χ0v) is 23.5. The predicted octanol–water partition coefficient (Wildman–Crippen LogP) is 11.2. The molecule has 0 amide bonds. The third-order valence-corrected chi connectivity index (χ3v) is 6.93. The standard InChI is InChI=1S/2C18H22/c1-13(2)15-5-9-17(10-6-15)18-11-7-16(8-12-18)14(3)4;1-13(2)15-7-5-9-17(11-15)18-10-6-8-16(12-18)14(3)4/h2*5-14H,1-4H3. The van der Waals surface area contributed by atoms with E-state index in [-0.39, 0.29) is 0 Å². The van der Waals surface area contributed by atoms with Gasteiger partial charge in [0.2, 0.25) is 0 Å². The van der Waals surface area contributed by atoms with Crippen LogP contribution in [0.15, 0.2) is 97.1 Å². The van der Waals surface area contributed by atoms with Crippen LogP contribution < -0.4 is 0 Å². The summed E-state index contributed by atoms with van der Waals surface area (Å²) in [5.41, 5.74) is 10.9. The summed E-state index contributed by atoms with van der Waals surface area (Å²) in [6.45, 7) is 17.9. The summed E-state index contributed by atoms with van der Waals surface area (Å²) in [7, 11) is 0. The van der Waals surface area contributed by atoms with Crippen molar-refractivity contribution in [1.82, 2.24) is 0 Å². The summed E-state index contributed by atoms with van der Waals surface area (Å²) in [6.07, 6.45) is 0. The molecule has 4 aromatic rings. The van der Waals surface area contributed by atoms with Crippen LogP contribution in [0.5, 0.6) is 0 Å². The number of benzene rings is 4. The predicted molar refractivity (Wildman–Crippen MR) is 160 cm³/mol. The van der Waals surface area contributed by atoms with Gasteiger partial charge in [-0.25, -0.2) is 0 Å². The molecule has 0 saturated heterocycles. The van der Waals surface area contributed by atoms with Crippen LogP contribution >= 0.6 is 0 Å². The van der Waals surface area contributed by atoms with Gasteiger partial charge < -0.3 is 0 Å². The Hall–Kier alpha value is -3.12. The van der Waals surface area contributed by atoms with Crippen LogP contribution in [-0.2, 0) is 0 Å². The average molecular weight is 477 g/mol. The van der Waals surface area contributed by atoms with Gasteiger partial charge in [0.15, 0.2) is 0 Å². The van der Waals surface area contributed by atoms with Crippen LogP contribution in [0.2, 0.25) is 0 Å². The fourth-order valence-electron chi connectivity index (χ4n) is 4.28. The van der Waals surface area contributed by atoms with Crippen molar-refractivity contribution in [3.05, 3.63) is 119 Å². The van der Waals surface area contributed by atoms with Gasteiger partial charge in [0, 0.05) is 0 Å². The Morgan fingerprint density at radius 2 is 0.611 bits per heavy atom. The van der Waals surface area contributed by atoms with Gasteiger partial charge in [-0.1, -0.05) is 152 Å². The van der Waals surface area contributed by atoms with Gasteiger partial charge >= 0.3 is 0 Å². The van der Waals surface area contributed by atoms with E-state index in [0.29, 0.717) is 23.7 Å². The molecule has 0 unspecified atom stereocenters. The number of hydrogen-bond donors (Lipinski definition) is 0. The van der Waals surface area contributed by atoms with Gasteiger partial charge in [-0.15, -0.1) is 0 Å². The Balaban J connectivity index is 0.000000201. The van der Waals surface area contributed by atoms with Crippen molar-refractivity contribution < 1.29 is 0 Å². The first-order valence-electron chi connectivity index (χ1n) is 13.6. The highest BCUT2D eigenvalue weighted by Gasteiger charge is 2.05. The Morgan fingerprint density at radius 1 is 0.306 bits per heavy atom. The molecule has 0 saturated carbocycles. The molecule has 0 aliphatic rings. The fourth-order valence-corrected chi connectivity index (χ4v) is 4.28. The van der Waals surface area contributed by atoms with Gasteiger partial charge in [0.05, 0.1) is 0 Å². The summed E-state index contributed by atoms with van der Waals surface area (Å²) < 4.78 is 0. The van der Waals surface area contributed by atoms with Crippen LogP contribution in [-0.4, -0.2) is 0 Å². The lowest BCUT2D eigenvalue weighted by atomic mass is 9.94. The van der Waals surface area contributed by atoms with Crippen molar-refractivity contribution in [2.24, 2.45) is 0 Å². The Kier molecular flexibility index (Phi) is 9.71.